The Hall–Kier alpha value is -1.82. The van der Waals surface area contributed by atoms with Crippen LogP contribution in [0.25, 0.3) is 0 Å². The van der Waals surface area contributed by atoms with E-state index in [-0.39, 0.29) is 24.5 Å². The summed E-state index contributed by atoms with van der Waals surface area (Å²) in [6.45, 7) is 4.12. The summed E-state index contributed by atoms with van der Waals surface area (Å²) < 4.78 is 12.9. The summed E-state index contributed by atoms with van der Waals surface area (Å²) in [6, 6.07) is 6.15. The number of aliphatic hydroxyl groups excluding tert-OH is 1. The molecule has 2 N–H and O–H groups in total. The van der Waals surface area contributed by atoms with E-state index < -0.39 is 0 Å². The predicted octanol–water partition coefficient (Wildman–Crippen LogP) is 1.67. The molecule has 0 saturated carbocycles. The number of nitrogens with one attached hydrogen (secondary N) is 1. The number of rotatable bonds is 5. The van der Waals surface area contributed by atoms with E-state index in [4.69, 9.17) is 5.11 Å². The van der Waals surface area contributed by atoms with E-state index >= 15 is 0 Å². The molecule has 0 aromatic heterocycles. The first-order chi connectivity index (χ1) is 10.5. The van der Waals surface area contributed by atoms with Gasteiger partial charge in [-0.3, -0.25) is 0 Å². The van der Waals surface area contributed by atoms with Gasteiger partial charge in [0.05, 0.1) is 12.6 Å². The third-order valence-electron chi connectivity index (χ3n) is 4.27. The van der Waals surface area contributed by atoms with E-state index in [1.165, 1.54) is 17.0 Å². The van der Waals surface area contributed by atoms with Crippen molar-refractivity contribution >= 4 is 11.7 Å². The molecule has 2 amide bonds. The number of benzene rings is 1. The SMILES string of the molecule is CC(CO)N(C)C(=O)NCC1CCN(c2ccc(F)cc2)C1. The van der Waals surface area contributed by atoms with Crippen molar-refractivity contribution in [3.05, 3.63) is 30.1 Å². The van der Waals surface area contributed by atoms with E-state index in [0.29, 0.717) is 12.5 Å². The second kappa shape index (κ2) is 7.45. The van der Waals surface area contributed by atoms with Gasteiger partial charge < -0.3 is 20.2 Å². The molecule has 2 unspecified atom stereocenters. The molecule has 0 bridgehead atoms. The highest BCUT2D eigenvalue weighted by Crippen LogP contribution is 2.23. The van der Waals surface area contributed by atoms with Crippen molar-refractivity contribution in [2.45, 2.75) is 19.4 Å². The molecule has 1 saturated heterocycles. The van der Waals surface area contributed by atoms with Crippen LogP contribution in [0.1, 0.15) is 13.3 Å². The first-order valence-corrected chi connectivity index (χ1v) is 7.63. The number of aliphatic hydroxyl groups is 1. The molecule has 0 aliphatic carbocycles. The fourth-order valence-corrected chi connectivity index (χ4v) is 2.56. The van der Waals surface area contributed by atoms with Gasteiger partial charge in [-0.05, 0) is 43.5 Å². The second-order valence-corrected chi connectivity index (χ2v) is 5.91. The lowest BCUT2D eigenvalue weighted by molar-refractivity contribution is 0.156. The number of amides is 2. The van der Waals surface area contributed by atoms with E-state index in [1.54, 1.807) is 26.1 Å². The minimum absolute atomic E-state index is 0.0499. The molecular weight excluding hydrogens is 285 g/mol. The molecule has 0 spiro atoms. The van der Waals surface area contributed by atoms with E-state index in [2.05, 4.69) is 10.2 Å². The quantitative estimate of drug-likeness (QED) is 0.870. The van der Waals surface area contributed by atoms with Crippen LogP contribution in [-0.2, 0) is 0 Å². The molecule has 1 aliphatic rings. The van der Waals surface area contributed by atoms with E-state index in [0.717, 1.165) is 25.2 Å². The summed E-state index contributed by atoms with van der Waals surface area (Å²) in [7, 11) is 1.68. The Morgan fingerprint density at radius 1 is 1.50 bits per heavy atom. The Morgan fingerprint density at radius 2 is 2.18 bits per heavy atom. The maximum atomic E-state index is 12.9. The number of carbonyl (C=O) groups is 1. The van der Waals surface area contributed by atoms with Gasteiger partial charge in [-0.2, -0.15) is 0 Å². The predicted molar refractivity (Wildman–Crippen MR) is 84.4 cm³/mol. The van der Waals surface area contributed by atoms with Crippen LogP contribution >= 0.6 is 0 Å². The van der Waals surface area contributed by atoms with Crippen LogP contribution in [0.4, 0.5) is 14.9 Å². The first-order valence-electron chi connectivity index (χ1n) is 7.63. The number of halogens is 1. The maximum absolute atomic E-state index is 12.9. The van der Waals surface area contributed by atoms with Gasteiger partial charge in [0.2, 0.25) is 0 Å². The Labute approximate surface area is 130 Å². The fraction of sp³-hybridized carbons (Fsp3) is 0.562. The van der Waals surface area contributed by atoms with Crippen molar-refractivity contribution < 1.29 is 14.3 Å². The summed E-state index contributed by atoms with van der Waals surface area (Å²) in [5.41, 5.74) is 1.02. The molecule has 122 valence electrons. The van der Waals surface area contributed by atoms with Gasteiger partial charge in [-0.15, -0.1) is 0 Å². The molecule has 5 nitrogen and oxygen atoms in total. The van der Waals surface area contributed by atoms with Crippen LogP contribution in [0, 0.1) is 11.7 Å². The molecule has 0 radical (unpaired) electrons. The van der Waals surface area contributed by atoms with Crippen LogP contribution in [0.5, 0.6) is 0 Å². The topological polar surface area (TPSA) is 55.8 Å². The molecule has 1 aromatic carbocycles. The van der Waals surface area contributed by atoms with Gasteiger partial charge in [0.15, 0.2) is 0 Å². The average molecular weight is 309 g/mol. The Bertz CT molecular complexity index is 495. The molecule has 6 heteroatoms. The summed E-state index contributed by atoms with van der Waals surface area (Å²) in [5.74, 6) is 0.152. The number of hydrogen-bond acceptors (Lipinski definition) is 3. The zero-order valence-corrected chi connectivity index (χ0v) is 13.1. The summed E-state index contributed by atoms with van der Waals surface area (Å²) >= 11 is 0. The van der Waals surface area contributed by atoms with Crippen LogP contribution in [0.15, 0.2) is 24.3 Å². The monoisotopic (exact) mass is 309 g/mol. The number of nitrogens with zero attached hydrogens (tertiary/aromatic N) is 2. The van der Waals surface area contributed by atoms with Crippen LogP contribution in [-0.4, -0.2) is 55.4 Å². The van der Waals surface area contributed by atoms with Gasteiger partial charge in [0.1, 0.15) is 5.82 Å². The minimum Gasteiger partial charge on any atom is -0.394 e. The van der Waals surface area contributed by atoms with Crippen molar-refractivity contribution in [1.82, 2.24) is 10.2 Å². The molecule has 1 aromatic rings. The van der Waals surface area contributed by atoms with Crippen LogP contribution in [0.3, 0.4) is 0 Å². The lowest BCUT2D eigenvalue weighted by atomic mass is 10.1. The highest BCUT2D eigenvalue weighted by Gasteiger charge is 2.24. The molecule has 22 heavy (non-hydrogen) atoms. The normalized spacial score (nSPS) is 19.1. The third kappa shape index (κ3) is 4.10. The van der Waals surface area contributed by atoms with Gasteiger partial charge >= 0.3 is 6.03 Å². The highest BCUT2D eigenvalue weighted by atomic mass is 19.1. The molecule has 1 aliphatic heterocycles. The Morgan fingerprint density at radius 3 is 2.82 bits per heavy atom. The van der Waals surface area contributed by atoms with E-state index in [9.17, 15) is 9.18 Å². The fourth-order valence-electron chi connectivity index (χ4n) is 2.56. The molecule has 2 rings (SSSR count). The van der Waals surface area contributed by atoms with Crippen LogP contribution in [0.2, 0.25) is 0 Å². The van der Waals surface area contributed by atoms with E-state index in [1.807, 2.05) is 0 Å². The van der Waals surface area contributed by atoms with Crippen molar-refractivity contribution in [3.8, 4) is 0 Å². The number of carbonyl (C=O) groups excluding carboxylic acids is 1. The number of anilines is 1. The largest absolute Gasteiger partial charge is 0.394 e. The standard InChI is InChI=1S/C16H24FN3O2/c1-12(11-21)19(2)16(22)18-9-13-7-8-20(10-13)15-5-3-14(17)4-6-15/h3-6,12-13,21H,7-11H2,1-2H3,(H,18,22). The first kappa shape index (κ1) is 16.5. The van der Waals surface area contributed by atoms with Crippen molar-refractivity contribution in [2.75, 3.05) is 38.2 Å². The lowest BCUT2D eigenvalue weighted by Crippen LogP contribution is -2.45. The summed E-state index contributed by atoms with van der Waals surface area (Å²) in [5, 5.41) is 12.0. The molecular formula is C16H24FN3O2. The highest BCUT2D eigenvalue weighted by molar-refractivity contribution is 5.74. The number of likely N-dealkylation sites (N-methyl/N-ethyl adjacent to an activating group) is 1. The lowest BCUT2D eigenvalue weighted by Gasteiger charge is -2.24. The number of hydrogen-bond donors (Lipinski definition) is 2. The Balaban J connectivity index is 1.79. The van der Waals surface area contributed by atoms with Gasteiger partial charge in [0, 0.05) is 32.4 Å². The van der Waals surface area contributed by atoms with Crippen molar-refractivity contribution in [2.24, 2.45) is 5.92 Å². The van der Waals surface area contributed by atoms with Gasteiger partial charge in [0.25, 0.3) is 0 Å². The molecule has 1 heterocycles. The maximum Gasteiger partial charge on any atom is 0.317 e. The smallest absolute Gasteiger partial charge is 0.317 e. The van der Waals surface area contributed by atoms with Gasteiger partial charge in [-0.25, -0.2) is 9.18 Å². The minimum atomic E-state index is -0.229. The zero-order chi connectivity index (χ0) is 16.1. The average Bonchev–Trinajstić information content (AvgIpc) is 3.00. The Kier molecular flexibility index (Phi) is 5.60. The molecule has 2 atom stereocenters. The summed E-state index contributed by atoms with van der Waals surface area (Å²) in [6.07, 6.45) is 0.997. The second-order valence-electron chi connectivity index (χ2n) is 5.91. The van der Waals surface area contributed by atoms with Gasteiger partial charge in [-0.1, -0.05) is 0 Å². The van der Waals surface area contributed by atoms with Crippen molar-refractivity contribution in [1.29, 1.82) is 0 Å². The number of urea groups is 1. The van der Waals surface area contributed by atoms with Crippen LogP contribution < -0.4 is 10.2 Å². The molecule has 1 fully saturated rings. The van der Waals surface area contributed by atoms with Crippen molar-refractivity contribution in [3.63, 3.8) is 0 Å². The summed E-state index contributed by atoms with van der Waals surface area (Å²) in [4.78, 5) is 15.6. The zero-order valence-electron chi connectivity index (χ0n) is 13.1. The third-order valence-corrected chi connectivity index (χ3v) is 4.27.